The molecule has 1 aliphatic rings. The number of rotatable bonds is 3. The maximum atomic E-state index is 10.3. The summed E-state index contributed by atoms with van der Waals surface area (Å²) in [4.78, 5) is 2.32. The highest BCUT2D eigenvalue weighted by Crippen LogP contribution is 2.30. The third kappa shape index (κ3) is 4.97. The van der Waals surface area contributed by atoms with Gasteiger partial charge in [-0.1, -0.05) is 15.9 Å². The molecule has 1 unspecified atom stereocenters. The van der Waals surface area contributed by atoms with Gasteiger partial charge in [-0.3, -0.25) is 0 Å². The van der Waals surface area contributed by atoms with Crippen LogP contribution in [0.1, 0.15) is 46.1 Å². The molecule has 118 valence electrons. The first-order chi connectivity index (χ1) is 9.66. The van der Waals surface area contributed by atoms with Crippen LogP contribution in [-0.4, -0.2) is 29.3 Å². The molecule has 0 saturated carbocycles. The fraction of sp³-hybridized carbons (Fsp3) is 0.647. The summed E-state index contributed by atoms with van der Waals surface area (Å²) < 4.78 is 1.10. The SMILES string of the molecule is CC1(O)CCCN(c2ccc(Br)cc2CNC(C)(C)C)C1. The van der Waals surface area contributed by atoms with Crippen molar-refractivity contribution in [3.05, 3.63) is 28.2 Å². The van der Waals surface area contributed by atoms with Gasteiger partial charge in [-0.25, -0.2) is 0 Å². The summed E-state index contributed by atoms with van der Waals surface area (Å²) in [5, 5.41) is 13.9. The van der Waals surface area contributed by atoms with E-state index in [0.29, 0.717) is 6.54 Å². The molecular weight excluding hydrogens is 328 g/mol. The van der Waals surface area contributed by atoms with Gasteiger partial charge >= 0.3 is 0 Å². The van der Waals surface area contributed by atoms with Gasteiger partial charge in [0.15, 0.2) is 0 Å². The first kappa shape index (κ1) is 16.8. The number of benzene rings is 1. The predicted molar refractivity (Wildman–Crippen MR) is 92.8 cm³/mol. The third-order valence-electron chi connectivity index (χ3n) is 3.87. The highest BCUT2D eigenvalue weighted by Gasteiger charge is 2.29. The van der Waals surface area contributed by atoms with Gasteiger partial charge in [0.2, 0.25) is 0 Å². The quantitative estimate of drug-likeness (QED) is 0.868. The van der Waals surface area contributed by atoms with Crippen LogP contribution in [0.5, 0.6) is 0 Å². The van der Waals surface area contributed by atoms with E-state index in [-0.39, 0.29) is 5.54 Å². The van der Waals surface area contributed by atoms with E-state index in [0.717, 1.165) is 30.4 Å². The van der Waals surface area contributed by atoms with Crippen molar-refractivity contribution in [3.8, 4) is 0 Å². The minimum absolute atomic E-state index is 0.0903. The maximum absolute atomic E-state index is 10.3. The molecule has 2 rings (SSSR count). The van der Waals surface area contributed by atoms with Crippen LogP contribution < -0.4 is 10.2 Å². The molecule has 4 heteroatoms. The number of hydrogen-bond donors (Lipinski definition) is 2. The molecule has 2 N–H and O–H groups in total. The summed E-state index contributed by atoms with van der Waals surface area (Å²) in [5.41, 5.74) is 2.01. The lowest BCUT2D eigenvalue weighted by Gasteiger charge is -2.39. The molecule has 1 saturated heterocycles. The number of halogens is 1. The van der Waals surface area contributed by atoms with Crippen molar-refractivity contribution in [2.24, 2.45) is 0 Å². The molecule has 1 atom stereocenters. The molecule has 0 spiro atoms. The van der Waals surface area contributed by atoms with Crippen LogP contribution in [0.4, 0.5) is 5.69 Å². The molecule has 1 aromatic carbocycles. The zero-order valence-electron chi connectivity index (χ0n) is 13.5. The Balaban J connectivity index is 2.22. The van der Waals surface area contributed by atoms with Gasteiger partial charge in [-0.15, -0.1) is 0 Å². The van der Waals surface area contributed by atoms with Crippen LogP contribution in [0, 0.1) is 0 Å². The zero-order chi connectivity index (χ0) is 15.7. The molecule has 1 fully saturated rings. The second kappa shape index (κ2) is 6.27. The second-order valence-corrected chi connectivity index (χ2v) is 8.31. The predicted octanol–water partition coefficient (Wildman–Crippen LogP) is 3.69. The molecule has 0 amide bonds. The second-order valence-electron chi connectivity index (χ2n) is 7.40. The van der Waals surface area contributed by atoms with Crippen LogP contribution >= 0.6 is 15.9 Å². The van der Waals surface area contributed by atoms with E-state index in [4.69, 9.17) is 0 Å². The summed E-state index contributed by atoms with van der Waals surface area (Å²) in [6.45, 7) is 11.0. The van der Waals surface area contributed by atoms with Gasteiger partial charge in [-0.2, -0.15) is 0 Å². The number of anilines is 1. The van der Waals surface area contributed by atoms with Crippen LogP contribution in [0.2, 0.25) is 0 Å². The van der Waals surface area contributed by atoms with Crippen LogP contribution in [0.25, 0.3) is 0 Å². The number of aliphatic hydroxyl groups is 1. The normalized spacial score (nSPS) is 23.4. The van der Waals surface area contributed by atoms with Crippen molar-refractivity contribution in [1.29, 1.82) is 0 Å². The highest BCUT2D eigenvalue weighted by molar-refractivity contribution is 9.10. The molecule has 0 aromatic heterocycles. The summed E-state index contributed by atoms with van der Waals surface area (Å²) in [6, 6.07) is 6.42. The lowest BCUT2D eigenvalue weighted by molar-refractivity contribution is 0.0449. The number of β-amino-alcohol motifs (C(OH)–C–C–N with tert-alkyl or cyclic N) is 1. The number of nitrogens with zero attached hydrogens (tertiary/aromatic N) is 1. The highest BCUT2D eigenvalue weighted by atomic mass is 79.9. The Kier molecular flexibility index (Phi) is 5.01. The molecule has 1 aliphatic heterocycles. The Bertz CT molecular complexity index is 494. The molecule has 0 radical (unpaired) electrons. The van der Waals surface area contributed by atoms with Gasteiger partial charge in [-0.05, 0) is 64.3 Å². The Labute approximate surface area is 136 Å². The minimum Gasteiger partial charge on any atom is -0.388 e. The topological polar surface area (TPSA) is 35.5 Å². The third-order valence-corrected chi connectivity index (χ3v) is 4.36. The largest absolute Gasteiger partial charge is 0.388 e. The van der Waals surface area contributed by atoms with E-state index in [2.05, 4.69) is 65.1 Å². The Morgan fingerprint density at radius 3 is 2.71 bits per heavy atom. The van der Waals surface area contributed by atoms with Gasteiger partial charge in [0, 0.05) is 35.3 Å². The number of nitrogens with one attached hydrogen (secondary N) is 1. The molecule has 1 heterocycles. The molecular formula is C17H27BrN2O. The summed E-state index contributed by atoms with van der Waals surface area (Å²) in [5.74, 6) is 0. The summed E-state index contributed by atoms with van der Waals surface area (Å²) in [6.07, 6.45) is 1.92. The van der Waals surface area contributed by atoms with E-state index in [1.807, 2.05) is 6.92 Å². The van der Waals surface area contributed by atoms with E-state index in [1.54, 1.807) is 0 Å². The van der Waals surface area contributed by atoms with Gasteiger partial charge in [0.1, 0.15) is 0 Å². The van der Waals surface area contributed by atoms with Crippen molar-refractivity contribution in [2.45, 2.75) is 58.2 Å². The van der Waals surface area contributed by atoms with E-state index in [9.17, 15) is 5.11 Å². The lowest BCUT2D eigenvalue weighted by Crippen LogP contribution is -2.46. The van der Waals surface area contributed by atoms with Crippen LogP contribution in [0.3, 0.4) is 0 Å². The van der Waals surface area contributed by atoms with Crippen molar-refractivity contribution < 1.29 is 5.11 Å². The summed E-state index contributed by atoms with van der Waals surface area (Å²) in [7, 11) is 0. The van der Waals surface area contributed by atoms with E-state index < -0.39 is 5.60 Å². The molecule has 0 bridgehead atoms. The Morgan fingerprint density at radius 1 is 1.38 bits per heavy atom. The average molecular weight is 355 g/mol. The minimum atomic E-state index is -0.583. The lowest BCUT2D eigenvalue weighted by atomic mass is 9.94. The van der Waals surface area contributed by atoms with Gasteiger partial charge in [0.25, 0.3) is 0 Å². The van der Waals surface area contributed by atoms with Gasteiger partial charge < -0.3 is 15.3 Å². The standard InChI is InChI=1S/C17H27BrN2O/c1-16(2,3)19-11-13-10-14(18)6-7-15(13)20-9-5-8-17(4,21)12-20/h6-7,10,19,21H,5,8-9,11-12H2,1-4H3. The molecule has 3 nitrogen and oxygen atoms in total. The van der Waals surface area contributed by atoms with Crippen molar-refractivity contribution in [1.82, 2.24) is 5.32 Å². The fourth-order valence-electron chi connectivity index (χ4n) is 2.79. The number of hydrogen-bond acceptors (Lipinski definition) is 3. The summed E-state index contributed by atoms with van der Waals surface area (Å²) >= 11 is 3.57. The maximum Gasteiger partial charge on any atom is 0.0794 e. The van der Waals surface area contributed by atoms with Crippen LogP contribution in [-0.2, 0) is 6.54 Å². The molecule has 21 heavy (non-hydrogen) atoms. The first-order valence-corrected chi connectivity index (χ1v) is 8.46. The van der Waals surface area contributed by atoms with Crippen LogP contribution in [0.15, 0.2) is 22.7 Å². The Morgan fingerprint density at radius 2 is 2.10 bits per heavy atom. The monoisotopic (exact) mass is 354 g/mol. The zero-order valence-corrected chi connectivity index (χ0v) is 15.1. The fourth-order valence-corrected chi connectivity index (χ4v) is 3.20. The smallest absolute Gasteiger partial charge is 0.0794 e. The van der Waals surface area contributed by atoms with Gasteiger partial charge in [0.05, 0.1) is 5.60 Å². The average Bonchev–Trinajstić information content (AvgIpc) is 2.34. The Hall–Kier alpha value is -0.580. The number of piperidine rings is 1. The molecule has 1 aromatic rings. The van der Waals surface area contributed by atoms with E-state index in [1.165, 1.54) is 11.3 Å². The first-order valence-electron chi connectivity index (χ1n) is 7.67. The van der Waals surface area contributed by atoms with Crippen molar-refractivity contribution in [3.63, 3.8) is 0 Å². The molecule has 0 aliphatic carbocycles. The van der Waals surface area contributed by atoms with Crippen molar-refractivity contribution >= 4 is 21.6 Å². The van der Waals surface area contributed by atoms with E-state index >= 15 is 0 Å². The van der Waals surface area contributed by atoms with Crippen molar-refractivity contribution in [2.75, 3.05) is 18.0 Å².